The number of nitrogens with zero attached hydrogens (tertiary/aromatic N) is 1. The van der Waals surface area contributed by atoms with Crippen molar-refractivity contribution in [3.63, 3.8) is 0 Å². The third-order valence-corrected chi connectivity index (χ3v) is 3.60. The van der Waals surface area contributed by atoms with Crippen LogP contribution in [0.25, 0.3) is 0 Å². The fraction of sp³-hybridized carbons (Fsp3) is 0.417. The van der Waals surface area contributed by atoms with Crippen molar-refractivity contribution in [2.24, 2.45) is 0 Å². The first kappa shape index (κ1) is 9.73. The molecule has 0 amide bonds. The van der Waals surface area contributed by atoms with Crippen LogP contribution in [0, 0.1) is 11.3 Å². The normalized spacial score (nSPS) is 19.1. The number of hydrogen-bond donors (Lipinski definition) is 0. The van der Waals surface area contributed by atoms with E-state index < -0.39 is 0 Å². The molecule has 2 rings (SSSR count). The molecule has 1 aliphatic carbocycles. The van der Waals surface area contributed by atoms with Crippen LogP contribution >= 0.6 is 15.9 Å². The molecule has 0 heterocycles. The highest BCUT2D eigenvalue weighted by atomic mass is 79.9. The lowest BCUT2D eigenvalue weighted by Crippen LogP contribution is -2.18. The summed E-state index contributed by atoms with van der Waals surface area (Å²) in [6.07, 6.45) is 4.41. The summed E-state index contributed by atoms with van der Waals surface area (Å²) in [5.74, 6) is 0. The van der Waals surface area contributed by atoms with Gasteiger partial charge in [0.1, 0.15) is 0 Å². The van der Waals surface area contributed by atoms with Crippen molar-refractivity contribution in [2.45, 2.75) is 31.1 Å². The van der Waals surface area contributed by atoms with E-state index in [1.54, 1.807) is 0 Å². The third kappa shape index (κ3) is 1.57. The Morgan fingerprint density at radius 1 is 1.14 bits per heavy atom. The van der Waals surface area contributed by atoms with E-state index in [1.165, 1.54) is 18.4 Å². The van der Waals surface area contributed by atoms with Gasteiger partial charge in [-0.25, -0.2) is 0 Å². The van der Waals surface area contributed by atoms with Crippen molar-refractivity contribution in [2.75, 3.05) is 0 Å². The first-order valence-electron chi connectivity index (χ1n) is 4.94. The molecular weight excluding hydrogens is 238 g/mol. The molecule has 1 nitrogen and oxygen atoms in total. The first-order chi connectivity index (χ1) is 6.77. The number of hydrogen-bond acceptors (Lipinski definition) is 1. The van der Waals surface area contributed by atoms with Crippen LogP contribution in [0.2, 0.25) is 0 Å². The average Bonchev–Trinajstić information content (AvgIpc) is 2.68. The van der Waals surface area contributed by atoms with Gasteiger partial charge in [-0.2, -0.15) is 5.26 Å². The Morgan fingerprint density at radius 3 is 2.21 bits per heavy atom. The summed E-state index contributed by atoms with van der Waals surface area (Å²) >= 11 is 3.41. The Hall–Kier alpha value is -0.810. The lowest BCUT2D eigenvalue weighted by molar-refractivity contribution is 0.573. The van der Waals surface area contributed by atoms with E-state index in [4.69, 9.17) is 0 Å². The highest BCUT2D eigenvalue weighted by molar-refractivity contribution is 9.10. The molecule has 0 spiro atoms. The SMILES string of the molecule is N#CC1(c2ccc(Br)cc2)CCCC1. The van der Waals surface area contributed by atoms with Crippen LogP contribution in [-0.2, 0) is 5.41 Å². The van der Waals surface area contributed by atoms with E-state index >= 15 is 0 Å². The molecular formula is C12H12BrN. The summed E-state index contributed by atoms with van der Waals surface area (Å²) in [6, 6.07) is 10.7. The number of halogens is 1. The van der Waals surface area contributed by atoms with Crippen LogP contribution in [0.15, 0.2) is 28.7 Å². The Bertz CT molecular complexity index is 355. The van der Waals surface area contributed by atoms with Gasteiger partial charge in [0.2, 0.25) is 0 Å². The van der Waals surface area contributed by atoms with Gasteiger partial charge >= 0.3 is 0 Å². The number of nitriles is 1. The lowest BCUT2D eigenvalue weighted by atomic mass is 9.80. The zero-order chi connectivity index (χ0) is 10.0. The van der Waals surface area contributed by atoms with Gasteiger partial charge in [0.05, 0.1) is 11.5 Å². The molecule has 1 aromatic carbocycles. The molecule has 14 heavy (non-hydrogen) atoms. The first-order valence-corrected chi connectivity index (χ1v) is 5.73. The second kappa shape index (κ2) is 3.74. The standard InChI is InChI=1S/C12H12BrN/c13-11-5-3-10(4-6-11)12(9-14)7-1-2-8-12/h3-6H,1-2,7-8H2. The molecule has 0 bridgehead atoms. The van der Waals surface area contributed by atoms with Crippen LogP contribution in [0.3, 0.4) is 0 Å². The van der Waals surface area contributed by atoms with Crippen molar-refractivity contribution in [3.05, 3.63) is 34.3 Å². The van der Waals surface area contributed by atoms with Gasteiger partial charge in [0, 0.05) is 4.47 Å². The van der Waals surface area contributed by atoms with Gasteiger partial charge < -0.3 is 0 Å². The maximum atomic E-state index is 9.28. The summed E-state index contributed by atoms with van der Waals surface area (Å²) in [5.41, 5.74) is 0.987. The molecule has 1 saturated carbocycles. The van der Waals surface area contributed by atoms with E-state index in [0.717, 1.165) is 17.3 Å². The Kier molecular flexibility index (Phi) is 2.60. The van der Waals surface area contributed by atoms with Crippen LogP contribution in [0.4, 0.5) is 0 Å². The summed E-state index contributed by atoms with van der Waals surface area (Å²) < 4.78 is 1.08. The summed E-state index contributed by atoms with van der Waals surface area (Å²) in [7, 11) is 0. The fourth-order valence-corrected chi connectivity index (χ4v) is 2.48. The van der Waals surface area contributed by atoms with Gasteiger partial charge in [-0.1, -0.05) is 40.9 Å². The van der Waals surface area contributed by atoms with Crippen molar-refractivity contribution in [1.29, 1.82) is 5.26 Å². The maximum Gasteiger partial charge on any atom is 0.0822 e. The van der Waals surface area contributed by atoms with E-state index in [0.29, 0.717) is 0 Å². The minimum Gasteiger partial charge on any atom is -0.197 e. The van der Waals surface area contributed by atoms with Crippen LogP contribution < -0.4 is 0 Å². The van der Waals surface area contributed by atoms with Crippen LogP contribution in [-0.4, -0.2) is 0 Å². The molecule has 2 heteroatoms. The highest BCUT2D eigenvalue weighted by Gasteiger charge is 2.35. The Morgan fingerprint density at radius 2 is 1.71 bits per heavy atom. The minimum absolute atomic E-state index is 0.194. The Labute approximate surface area is 92.9 Å². The highest BCUT2D eigenvalue weighted by Crippen LogP contribution is 2.40. The molecule has 0 unspecified atom stereocenters. The van der Waals surface area contributed by atoms with Crippen LogP contribution in [0.5, 0.6) is 0 Å². The zero-order valence-electron chi connectivity index (χ0n) is 7.96. The second-order valence-corrected chi connectivity index (χ2v) is 4.82. The zero-order valence-corrected chi connectivity index (χ0v) is 9.55. The van der Waals surface area contributed by atoms with Crippen molar-refractivity contribution < 1.29 is 0 Å². The predicted molar refractivity (Wildman–Crippen MR) is 59.9 cm³/mol. The molecule has 0 N–H and O–H groups in total. The van der Waals surface area contributed by atoms with Crippen molar-refractivity contribution >= 4 is 15.9 Å². The molecule has 1 aliphatic rings. The van der Waals surface area contributed by atoms with Crippen molar-refractivity contribution in [3.8, 4) is 6.07 Å². The Balaban J connectivity index is 2.37. The molecule has 0 atom stereocenters. The van der Waals surface area contributed by atoms with Gasteiger partial charge in [0.15, 0.2) is 0 Å². The topological polar surface area (TPSA) is 23.8 Å². The van der Waals surface area contributed by atoms with E-state index in [9.17, 15) is 5.26 Å². The second-order valence-electron chi connectivity index (χ2n) is 3.91. The smallest absolute Gasteiger partial charge is 0.0822 e. The number of benzene rings is 1. The summed E-state index contributed by atoms with van der Waals surface area (Å²) in [5, 5.41) is 9.28. The fourth-order valence-electron chi connectivity index (χ4n) is 2.21. The van der Waals surface area contributed by atoms with Crippen LogP contribution in [0.1, 0.15) is 31.2 Å². The lowest BCUT2D eigenvalue weighted by Gasteiger charge is -2.20. The molecule has 0 aromatic heterocycles. The molecule has 0 radical (unpaired) electrons. The third-order valence-electron chi connectivity index (χ3n) is 3.07. The summed E-state index contributed by atoms with van der Waals surface area (Å²) in [6.45, 7) is 0. The summed E-state index contributed by atoms with van der Waals surface area (Å²) in [4.78, 5) is 0. The van der Waals surface area contributed by atoms with E-state index in [1.807, 2.05) is 12.1 Å². The molecule has 1 aromatic rings. The van der Waals surface area contributed by atoms with Gasteiger partial charge in [0.25, 0.3) is 0 Å². The molecule has 72 valence electrons. The van der Waals surface area contributed by atoms with E-state index in [2.05, 4.69) is 34.1 Å². The number of rotatable bonds is 1. The predicted octanol–water partition coefficient (Wildman–Crippen LogP) is 3.78. The van der Waals surface area contributed by atoms with Crippen molar-refractivity contribution in [1.82, 2.24) is 0 Å². The van der Waals surface area contributed by atoms with Gasteiger partial charge in [-0.15, -0.1) is 0 Å². The average molecular weight is 250 g/mol. The van der Waals surface area contributed by atoms with Gasteiger partial charge in [-0.3, -0.25) is 0 Å². The molecule has 1 fully saturated rings. The quantitative estimate of drug-likeness (QED) is 0.743. The van der Waals surface area contributed by atoms with E-state index in [-0.39, 0.29) is 5.41 Å². The minimum atomic E-state index is -0.194. The largest absolute Gasteiger partial charge is 0.197 e. The monoisotopic (exact) mass is 249 g/mol. The molecule has 0 saturated heterocycles. The van der Waals surface area contributed by atoms with Gasteiger partial charge in [-0.05, 0) is 30.5 Å². The molecule has 0 aliphatic heterocycles. The maximum absolute atomic E-state index is 9.28.